The van der Waals surface area contributed by atoms with E-state index in [1.165, 1.54) is 0 Å². The molecule has 0 bridgehead atoms. The predicted molar refractivity (Wildman–Crippen MR) is 77.0 cm³/mol. The molecule has 18 heavy (non-hydrogen) atoms. The Labute approximate surface area is 112 Å². The molecule has 0 saturated heterocycles. The van der Waals surface area contributed by atoms with Crippen molar-refractivity contribution in [3.8, 4) is 41.2 Å². The average molecular weight is 257 g/mol. The Morgan fingerprint density at radius 3 is 2.33 bits per heavy atom. The number of unbranched alkanes of at least 4 members (excludes halogenated alkanes) is 2. The molecule has 0 radical (unpaired) electrons. The van der Waals surface area contributed by atoms with E-state index in [9.17, 15) is 0 Å². The zero-order chi connectivity index (χ0) is 13.7. The van der Waals surface area contributed by atoms with Crippen LogP contribution in [0.1, 0.15) is 19.3 Å². The summed E-state index contributed by atoms with van der Waals surface area (Å²) in [4.78, 5) is 0. The Bertz CT molecular complexity index is 449. The standard InChI is InChI=1S/C15H19NOSi/c1-18(2,3)15-11-7-10-14-17-13-9-6-4-5-8-12-16/h4-5,8,13-14H2,1-3H3. The van der Waals surface area contributed by atoms with Crippen molar-refractivity contribution in [2.75, 3.05) is 13.2 Å². The topological polar surface area (TPSA) is 33.0 Å². The maximum atomic E-state index is 8.31. The summed E-state index contributed by atoms with van der Waals surface area (Å²) in [6.45, 7) is 7.30. The molecule has 0 amide bonds. The second-order valence-electron chi connectivity index (χ2n) is 4.66. The molecule has 2 nitrogen and oxygen atoms in total. The van der Waals surface area contributed by atoms with Crippen LogP contribution in [-0.4, -0.2) is 21.3 Å². The van der Waals surface area contributed by atoms with Gasteiger partial charge in [-0.3, -0.25) is 0 Å². The van der Waals surface area contributed by atoms with Crippen LogP contribution in [0, 0.1) is 46.5 Å². The van der Waals surface area contributed by atoms with Gasteiger partial charge in [-0.1, -0.05) is 31.5 Å². The van der Waals surface area contributed by atoms with E-state index in [-0.39, 0.29) is 0 Å². The van der Waals surface area contributed by atoms with Crippen molar-refractivity contribution >= 4 is 8.07 Å². The van der Waals surface area contributed by atoms with Crippen LogP contribution < -0.4 is 0 Å². The fraction of sp³-hybridized carbons (Fsp3) is 0.533. The SMILES string of the molecule is C[Si](C)(C)C#CC#CCOCC#CCCCC#N. The maximum absolute atomic E-state index is 8.31. The molecule has 0 aliphatic heterocycles. The number of rotatable bonds is 4. The van der Waals surface area contributed by atoms with Crippen LogP contribution in [0.5, 0.6) is 0 Å². The van der Waals surface area contributed by atoms with Crippen molar-refractivity contribution in [1.82, 2.24) is 0 Å². The Hall–Kier alpha value is -1.65. The minimum absolute atomic E-state index is 0.368. The zero-order valence-electron chi connectivity index (χ0n) is 11.4. The van der Waals surface area contributed by atoms with Gasteiger partial charge < -0.3 is 4.74 Å². The summed E-state index contributed by atoms with van der Waals surface area (Å²) in [5.74, 6) is 14.3. The highest BCUT2D eigenvalue weighted by Crippen LogP contribution is 1.95. The van der Waals surface area contributed by atoms with Crippen molar-refractivity contribution in [2.45, 2.75) is 38.9 Å². The van der Waals surface area contributed by atoms with Crippen LogP contribution in [0.4, 0.5) is 0 Å². The molecule has 0 fully saturated rings. The van der Waals surface area contributed by atoms with Crippen molar-refractivity contribution in [3.05, 3.63) is 0 Å². The van der Waals surface area contributed by atoms with Crippen LogP contribution in [0.25, 0.3) is 0 Å². The molecule has 0 saturated carbocycles. The number of nitrogens with zero attached hydrogens (tertiary/aromatic N) is 1. The number of hydrogen-bond donors (Lipinski definition) is 0. The molecule has 0 aliphatic carbocycles. The lowest BCUT2D eigenvalue weighted by Gasteiger charge is -2.01. The minimum atomic E-state index is -1.30. The molecule has 0 aliphatic rings. The van der Waals surface area contributed by atoms with E-state index in [4.69, 9.17) is 10.00 Å². The van der Waals surface area contributed by atoms with Gasteiger partial charge in [0.15, 0.2) is 0 Å². The van der Waals surface area contributed by atoms with E-state index in [2.05, 4.69) is 60.9 Å². The van der Waals surface area contributed by atoms with E-state index in [0.717, 1.165) is 12.8 Å². The van der Waals surface area contributed by atoms with Gasteiger partial charge in [-0.15, -0.1) is 11.5 Å². The molecule has 0 unspecified atom stereocenters. The highest BCUT2D eigenvalue weighted by atomic mass is 28.3. The first-order valence-corrected chi connectivity index (χ1v) is 9.47. The summed E-state index contributed by atoms with van der Waals surface area (Å²) in [5.41, 5.74) is 3.16. The van der Waals surface area contributed by atoms with E-state index < -0.39 is 8.07 Å². The van der Waals surface area contributed by atoms with Gasteiger partial charge in [-0.2, -0.15) is 5.26 Å². The molecular formula is C15H19NOSi. The Morgan fingerprint density at radius 2 is 1.67 bits per heavy atom. The third-order valence-corrected chi connectivity index (χ3v) is 2.53. The molecule has 0 rings (SSSR count). The number of hydrogen-bond acceptors (Lipinski definition) is 2. The first-order valence-electron chi connectivity index (χ1n) is 5.97. The van der Waals surface area contributed by atoms with E-state index in [1.807, 2.05) is 0 Å². The van der Waals surface area contributed by atoms with Gasteiger partial charge in [0.25, 0.3) is 0 Å². The van der Waals surface area contributed by atoms with Crippen molar-refractivity contribution in [2.24, 2.45) is 0 Å². The van der Waals surface area contributed by atoms with E-state index >= 15 is 0 Å². The van der Waals surface area contributed by atoms with Crippen LogP contribution in [0.2, 0.25) is 19.6 Å². The molecule has 0 atom stereocenters. The monoisotopic (exact) mass is 257 g/mol. The lowest BCUT2D eigenvalue weighted by Crippen LogP contribution is -2.16. The number of ether oxygens (including phenoxy) is 1. The van der Waals surface area contributed by atoms with Gasteiger partial charge in [-0.05, 0) is 18.3 Å². The van der Waals surface area contributed by atoms with Crippen molar-refractivity contribution in [1.29, 1.82) is 5.26 Å². The molecule has 0 spiro atoms. The highest BCUT2D eigenvalue weighted by molar-refractivity contribution is 6.83. The second-order valence-corrected chi connectivity index (χ2v) is 9.41. The summed E-state index contributed by atoms with van der Waals surface area (Å²) < 4.78 is 5.20. The van der Waals surface area contributed by atoms with Gasteiger partial charge in [0.1, 0.15) is 21.3 Å². The van der Waals surface area contributed by atoms with Crippen LogP contribution >= 0.6 is 0 Å². The quantitative estimate of drug-likeness (QED) is 0.440. The lowest BCUT2D eigenvalue weighted by molar-refractivity contribution is 0.204. The fourth-order valence-corrected chi connectivity index (χ4v) is 1.28. The van der Waals surface area contributed by atoms with E-state index in [1.54, 1.807) is 0 Å². The summed E-state index contributed by atoms with van der Waals surface area (Å²) in [5, 5.41) is 8.31. The third kappa shape index (κ3) is 14.3. The molecule has 0 N–H and O–H groups in total. The third-order valence-electron chi connectivity index (χ3n) is 1.65. The molecular weight excluding hydrogens is 238 g/mol. The molecule has 0 heterocycles. The predicted octanol–water partition coefficient (Wildman–Crippen LogP) is 2.58. The molecule has 0 aromatic carbocycles. The molecule has 0 aromatic rings. The smallest absolute Gasteiger partial charge is 0.130 e. The Morgan fingerprint density at radius 1 is 0.944 bits per heavy atom. The first-order chi connectivity index (χ1) is 8.56. The van der Waals surface area contributed by atoms with Gasteiger partial charge in [0.2, 0.25) is 0 Å². The summed E-state index contributed by atoms with van der Waals surface area (Å²) in [7, 11) is -1.30. The van der Waals surface area contributed by atoms with Crippen LogP contribution in [0.3, 0.4) is 0 Å². The summed E-state index contributed by atoms with van der Waals surface area (Å²) >= 11 is 0. The lowest BCUT2D eigenvalue weighted by atomic mass is 10.2. The van der Waals surface area contributed by atoms with E-state index in [0.29, 0.717) is 19.6 Å². The average Bonchev–Trinajstić information content (AvgIpc) is 2.29. The van der Waals surface area contributed by atoms with Gasteiger partial charge in [-0.25, -0.2) is 0 Å². The number of nitriles is 1. The normalized spacial score (nSPS) is 8.78. The molecule has 94 valence electrons. The van der Waals surface area contributed by atoms with Crippen LogP contribution in [-0.2, 0) is 4.74 Å². The maximum Gasteiger partial charge on any atom is 0.130 e. The Balaban J connectivity index is 3.60. The molecule has 3 heteroatoms. The minimum Gasteiger partial charge on any atom is -0.356 e. The van der Waals surface area contributed by atoms with Gasteiger partial charge in [0.05, 0.1) is 6.07 Å². The van der Waals surface area contributed by atoms with Crippen LogP contribution in [0.15, 0.2) is 0 Å². The second kappa shape index (κ2) is 10.5. The summed E-state index contributed by atoms with van der Waals surface area (Å²) in [6, 6.07) is 2.08. The zero-order valence-corrected chi connectivity index (χ0v) is 12.4. The van der Waals surface area contributed by atoms with Gasteiger partial charge in [0, 0.05) is 12.8 Å². The van der Waals surface area contributed by atoms with Gasteiger partial charge >= 0.3 is 0 Å². The summed E-state index contributed by atoms with van der Waals surface area (Å²) in [6.07, 6.45) is 2.15. The highest BCUT2D eigenvalue weighted by Gasteiger charge is 2.06. The van der Waals surface area contributed by atoms with Crippen molar-refractivity contribution < 1.29 is 4.74 Å². The van der Waals surface area contributed by atoms with Crippen molar-refractivity contribution in [3.63, 3.8) is 0 Å². The molecule has 0 aromatic heterocycles. The fourth-order valence-electron chi connectivity index (χ4n) is 0.847. The first kappa shape index (κ1) is 16.3. The largest absolute Gasteiger partial charge is 0.356 e. The Kier molecular flexibility index (Phi) is 9.53.